The van der Waals surface area contributed by atoms with Gasteiger partial charge in [0.1, 0.15) is 11.6 Å². The lowest BCUT2D eigenvalue weighted by atomic mass is 10.00. The van der Waals surface area contributed by atoms with Gasteiger partial charge >= 0.3 is 6.18 Å². The first-order valence-corrected chi connectivity index (χ1v) is 5.23. The molecule has 1 N–H and O–H groups in total. The predicted molar refractivity (Wildman–Crippen MR) is 62.2 cm³/mol. The van der Waals surface area contributed by atoms with Crippen molar-refractivity contribution in [2.75, 3.05) is 0 Å². The number of hydrogen-bond donors (Lipinski definition) is 1. The first-order chi connectivity index (χ1) is 8.93. The van der Waals surface area contributed by atoms with E-state index < -0.39 is 17.3 Å². The molecule has 19 heavy (non-hydrogen) atoms. The molecule has 0 bridgehead atoms. The molecule has 1 aromatic heterocycles. The van der Waals surface area contributed by atoms with E-state index >= 15 is 0 Å². The first kappa shape index (κ1) is 12.9. The molecule has 2 rings (SSSR count). The zero-order valence-corrected chi connectivity index (χ0v) is 9.45. The molecule has 0 saturated carbocycles. The number of halogens is 3. The van der Waals surface area contributed by atoms with Crippen LogP contribution in [0.1, 0.15) is 11.1 Å². The van der Waals surface area contributed by atoms with Gasteiger partial charge in [0.05, 0.1) is 5.56 Å². The molecule has 3 nitrogen and oxygen atoms in total. The molecule has 0 amide bonds. The van der Waals surface area contributed by atoms with Crippen molar-refractivity contribution in [1.29, 1.82) is 5.26 Å². The fourth-order valence-corrected chi connectivity index (χ4v) is 1.70. The quantitative estimate of drug-likeness (QED) is 0.860. The Balaban J connectivity index is 2.67. The van der Waals surface area contributed by atoms with Gasteiger partial charge in [-0.1, -0.05) is 18.2 Å². The van der Waals surface area contributed by atoms with E-state index in [9.17, 15) is 18.0 Å². The minimum absolute atomic E-state index is 0.0808. The summed E-state index contributed by atoms with van der Waals surface area (Å²) in [6.07, 6.45) is -3.34. The smallest absolute Gasteiger partial charge is 0.327 e. The number of nitriles is 1. The van der Waals surface area contributed by atoms with E-state index in [-0.39, 0.29) is 16.7 Å². The van der Waals surface area contributed by atoms with Crippen molar-refractivity contribution < 1.29 is 13.2 Å². The van der Waals surface area contributed by atoms with Crippen LogP contribution in [0.25, 0.3) is 11.1 Å². The van der Waals surface area contributed by atoms with E-state index in [0.29, 0.717) is 0 Å². The number of H-pyrrole nitrogens is 1. The van der Waals surface area contributed by atoms with Crippen molar-refractivity contribution in [2.45, 2.75) is 6.18 Å². The number of pyridine rings is 1. The third kappa shape index (κ3) is 2.50. The van der Waals surface area contributed by atoms with Crippen LogP contribution in [0.3, 0.4) is 0 Å². The lowest BCUT2D eigenvalue weighted by Crippen LogP contribution is -2.11. The first-order valence-electron chi connectivity index (χ1n) is 5.23. The number of nitrogens with one attached hydrogen (secondary N) is 1. The second-order valence-electron chi connectivity index (χ2n) is 3.79. The van der Waals surface area contributed by atoms with Gasteiger partial charge in [-0.15, -0.1) is 0 Å². The number of alkyl halides is 3. The summed E-state index contributed by atoms with van der Waals surface area (Å²) in [6.45, 7) is 0. The maximum Gasteiger partial charge on any atom is 0.417 e. The van der Waals surface area contributed by atoms with Crippen molar-refractivity contribution in [1.82, 2.24) is 4.98 Å². The average Bonchev–Trinajstić information content (AvgIpc) is 2.38. The molecule has 1 aromatic carbocycles. The Bertz CT molecular complexity index is 711. The van der Waals surface area contributed by atoms with Crippen LogP contribution in [0, 0.1) is 11.3 Å². The standard InChI is InChI=1S/C13H7F3N2O/c14-13(15,16)11-4-2-1-3-10(11)9-5-8(6-17)12(19)18-7-9/h1-5,7H,(H,18,19). The highest BCUT2D eigenvalue weighted by Crippen LogP contribution is 2.36. The maximum atomic E-state index is 12.9. The molecule has 0 atom stereocenters. The fourth-order valence-electron chi connectivity index (χ4n) is 1.70. The van der Waals surface area contributed by atoms with Gasteiger partial charge in [-0.25, -0.2) is 0 Å². The van der Waals surface area contributed by atoms with E-state index in [2.05, 4.69) is 4.98 Å². The zero-order valence-electron chi connectivity index (χ0n) is 9.45. The Kier molecular flexibility index (Phi) is 3.13. The topological polar surface area (TPSA) is 56.6 Å². The monoisotopic (exact) mass is 264 g/mol. The summed E-state index contributed by atoms with van der Waals surface area (Å²) in [5, 5.41) is 8.73. The minimum Gasteiger partial charge on any atom is -0.327 e. The van der Waals surface area contributed by atoms with Gasteiger partial charge in [-0.3, -0.25) is 4.79 Å². The molecule has 6 heteroatoms. The Labute approximate surface area is 105 Å². The van der Waals surface area contributed by atoms with E-state index in [1.165, 1.54) is 18.2 Å². The van der Waals surface area contributed by atoms with Crippen molar-refractivity contribution >= 4 is 0 Å². The summed E-state index contributed by atoms with van der Waals surface area (Å²) >= 11 is 0. The highest BCUT2D eigenvalue weighted by molar-refractivity contribution is 5.68. The lowest BCUT2D eigenvalue weighted by Gasteiger charge is -2.12. The maximum absolute atomic E-state index is 12.9. The summed E-state index contributed by atoms with van der Waals surface area (Å²) in [5.74, 6) is 0. The number of hydrogen-bond acceptors (Lipinski definition) is 2. The number of nitrogens with zero attached hydrogens (tertiary/aromatic N) is 1. The highest BCUT2D eigenvalue weighted by atomic mass is 19.4. The van der Waals surface area contributed by atoms with Gasteiger partial charge < -0.3 is 4.98 Å². The van der Waals surface area contributed by atoms with E-state index in [1.807, 2.05) is 0 Å². The largest absolute Gasteiger partial charge is 0.417 e. The summed E-state index contributed by atoms with van der Waals surface area (Å²) in [6, 6.07) is 7.76. The lowest BCUT2D eigenvalue weighted by molar-refractivity contribution is -0.137. The average molecular weight is 264 g/mol. The molecule has 0 fully saturated rings. The number of aromatic nitrogens is 1. The molecule has 0 saturated heterocycles. The second kappa shape index (κ2) is 4.61. The van der Waals surface area contributed by atoms with Crippen molar-refractivity contribution in [2.24, 2.45) is 0 Å². The Morgan fingerprint density at radius 1 is 1.21 bits per heavy atom. The van der Waals surface area contributed by atoms with Gasteiger partial charge in [0, 0.05) is 6.20 Å². The van der Waals surface area contributed by atoms with Crippen LogP contribution in [-0.4, -0.2) is 4.98 Å². The fraction of sp³-hybridized carbons (Fsp3) is 0.0769. The number of aromatic amines is 1. The summed E-state index contributed by atoms with van der Waals surface area (Å²) < 4.78 is 38.6. The van der Waals surface area contributed by atoms with Crippen molar-refractivity contribution in [3.8, 4) is 17.2 Å². The van der Waals surface area contributed by atoms with Gasteiger partial charge in [0.15, 0.2) is 0 Å². The highest BCUT2D eigenvalue weighted by Gasteiger charge is 2.33. The van der Waals surface area contributed by atoms with Gasteiger partial charge in [-0.2, -0.15) is 18.4 Å². The minimum atomic E-state index is -4.50. The van der Waals surface area contributed by atoms with Crippen LogP contribution in [0.15, 0.2) is 41.3 Å². The van der Waals surface area contributed by atoms with Crippen LogP contribution >= 0.6 is 0 Å². The van der Waals surface area contributed by atoms with Crippen molar-refractivity contribution in [3.05, 3.63) is 58.0 Å². The molecule has 0 unspecified atom stereocenters. The molecular formula is C13H7F3N2O. The second-order valence-corrected chi connectivity index (χ2v) is 3.79. The van der Waals surface area contributed by atoms with Crippen LogP contribution in [-0.2, 0) is 6.18 Å². The van der Waals surface area contributed by atoms with Crippen LogP contribution in [0.5, 0.6) is 0 Å². The molecule has 0 aliphatic carbocycles. The predicted octanol–water partition coefficient (Wildman–Crippen LogP) is 2.93. The third-order valence-corrected chi connectivity index (χ3v) is 2.57. The van der Waals surface area contributed by atoms with Crippen LogP contribution in [0.2, 0.25) is 0 Å². The molecule has 0 aliphatic rings. The van der Waals surface area contributed by atoms with Crippen LogP contribution in [0.4, 0.5) is 13.2 Å². The molecule has 0 aliphatic heterocycles. The summed E-state index contributed by atoms with van der Waals surface area (Å²) in [5.41, 5.74) is -1.61. The van der Waals surface area contributed by atoms with E-state index in [1.54, 1.807) is 6.07 Å². The number of rotatable bonds is 1. The Morgan fingerprint density at radius 2 is 1.89 bits per heavy atom. The van der Waals surface area contributed by atoms with Crippen LogP contribution < -0.4 is 5.56 Å². The van der Waals surface area contributed by atoms with E-state index in [4.69, 9.17) is 5.26 Å². The molecule has 0 radical (unpaired) electrons. The summed E-state index contributed by atoms with van der Waals surface area (Å²) in [7, 11) is 0. The Morgan fingerprint density at radius 3 is 2.53 bits per heavy atom. The van der Waals surface area contributed by atoms with E-state index in [0.717, 1.165) is 18.3 Å². The van der Waals surface area contributed by atoms with Crippen molar-refractivity contribution in [3.63, 3.8) is 0 Å². The third-order valence-electron chi connectivity index (χ3n) is 2.57. The SMILES string of the molecule is N#Cc1cc(-c2ccccc2C(F)(F)F)c[nH]c1=O. The zero-order chi connectivity index (χ0) is 14.0. The normalized spacial score (nSPS) is 11.1. The molecule has 96 valence electrons. The van der Waals surface area contributed by atoms with Gasteiger partial charge in [0.25, 0.3) is 5.56 Å². The Hall–Kier alpha value is -2.55. The van der Waals surface area contributed by atoms with Gasteiger partial charge in [0.2, 0.25) is 0 Å². The molecule has 2 aromatic rings. The molecule has 1 heterocycles. The summed E-state index contributed by atoms with van der Waals surface area (Å²) in [4.78, 5) is 13.5. The van der Waals surface area contributed by atoms with Gasteiger partial charge in [-0.05, 0) is 23.3 Å². The molecular weight excluding hydrogens is 257 g/mol. The molecule has 0 spiro atoms. The number of benzene rings is 1.